The number of carbonyl (C=O) groups is 1. The molecule has 4 rings (SSSR count). The van der Waals surface area contributed by atoms with E-state index in [2.05, 4.69) is 15.3 Å². The van der Waals surface area contributed by atoms with Gasteiger partial charge in [0.1, 0.15) is 5.82 Å². The lowest BCUT2D eigenvalue weighted by molar-refractivity contribution is -0.146. The zero-order chi connectivity index (χ0) is 22.3. The van der Waals surface area contributed by atoms with Crippen molar-refractivity contribution >= 4 is 23.1 Å². The number of anilines is 2. The lowest BCUT2D eigenvalue weighted by Crippen LogP contribution is -2.42. The second-order valence-corrected chi connectivity index (χ2v) is 7.93. The molecule has 164 valence electrons. The predicted octanol–water partition coefficient (Wildman–Crippen LogP) is 3.64. The van der Waals surface area contributed by atoms with Crippen LogP contribution in [0.4, 0.5) is 24.7 Å². The molecule has 1 amide bonds. The number of carbonyl (C=O) groups excluding carboxylic acids is 1. The standard InChI is InChI=1S/C21H23F3N6O/c1-13-4-5-16(14(2)12-13)28(3)19(31)15-8-10-29(11-9-15)18-7-6-17-25-26-20(21(22,23)24)30(17)27-18/h4-7,12,15H,8-11H2,1-3H3. The molecule has 3 heterocycles. The van der Waals surface area contributed by atoms with Crippen LogP contribution in [0.1, 0.15) is 29.8 Å². The number of rotatable bonds is 3. The first kappa shape index (κ1) is 21.1. The van der Waals surface area contributed by atoms with Gasteiger partial charge in [-0.05, 0) is 50.5 Å². The van der Waals surface area contributed by atoms with Crippen LogP contribution in [-0.4, -0.2) is 45.9 Å². The lowest BCUT2D eigenvalue weighted by atomic mass is 9.95. The Morgan fingerprint density at radius 3 is 2.45 bits per heavy atom. The highest BCUT2D eigenvalue weighted by Gasteiger charge is 2.38. The monoisotopic (exact) mass is 432 g/mol. The van der Waals surface area contributed by atoms with Gasteiger partial charge in [-0.3, -0.25) is 4.79 Å². The minimum absolute atomic E-state index is 0.0382. The van der Waals surface area contributed by atoms with Crippen LogP contribution < -0.4 is 9.80 Å². The first-order chi connectivity index (χ1) is 14.6. The number of aromatic nitrogens is 4. The number of fused-ring (bicyclic) bond motifs is 1. The largest absolute Gasteiger partial charge is 0.453 e. The van der Waals surface area contributed by atoms with E-state index in [-0.39, 0.29) is 17.5 Å². The van der Waals surface area contributed by atoms with E-state index in [4.69, 9.17) is 0 Å². The van der Waals surface area contributed by atoms with Crippen LogP contribution >= 0.6 is 0 Å². The summed E-state index contributed by atoms with van der Waals surface area (Å²) in [5, 5.41) is 10.8. The molecule has 0 aliphatic carbocycles. The summed E-state index contributed by atoms with van der Waals surface area (Å²) >= 11 is 0. The van der Waals surface area contributed by atoms with Crippen molar-refractivity contribution in [2.45, 2.75) is 32.9 Å². The number of alkyl halides is 3. The average Bonchev–Trinajstić information content (AvgIpc) is 3.17. The quantitative estimate of drug-likeness (QED) is 0.632. The van der Waals surface area contributed by atoms with Gasteiger partial charge in [0.25, 0.3) is 5.82 Å². The number of hydrogen-bond donors (Lipinski definition) is 0. The van der Waals surface area contributed by atoms with E-state index in [0.717, 1.165) is 21.3 Å². The molecule has 0 spiro atoms. The third kappa shape index (κ3) is 4.06. The van der Waals surface area contributed by atoms with E-state index in [1.165, 1.54) is 6.07 Å². The molecule has 0 bridgehead atoms. The van der Waals surface area contributed by atoms with E-state index in [1.54, 1.807) is 18.0 Å². The van der Waals surface area contributed by atoms with Crippen LogP contribution in [0.2, 0.25) is 0 Å². The van der Waals surface area contributed by atoms with Crippen LogP contribution in [0.25, 0.3) is 5.65 Å². The summed E-state index contributed by atoms with van der Waals surface area (Å²) in [4.78, 5) is 16.6. The molecule has 7 nitrogen and oxygen atoms in total. The van der Waals surface area contributed by atoms with Crippen molar-refractivity contribution in [3.05, 3.63) is 47.3 Å². The fraction of sp³-hybridized carbons (Fsp3) is 0.429. The molecule has 0 unspecified atom stereocenters. The molecule has 0 atom stereocenters. The van der Waals surface area contributed by atoms with Crippen molar-refractivity contribution in [1.82, 2.24) is 19.8 Å². The minimum Gasteiger partial charge on any atom is -0.355 e. The fourth-order valence-electron chi connectivity index (χ4n) is 4.05. The molecule has 10 heteroatoms. The fourth-order valence-corrected chi connectivity index (χ4v) is 4.05. The summed E-state index contributed by atoms with van der Waals surface area (Å²) < 4.78 is 40.1. The van der Waals surface area contributed by atoms with E-state index in [1.807, 2.05) is 36.9 Å². The Bertz CT molecular complexity index is 1120. The third-order valence-corrected chi connectivity index (χ3v) is 5.71. The van der Waals surface area contributed by atoms with Gasteiger partial charge in [0, 0.05) is 31.7 Å². The molecule has 0 radical (unpaired) electrons. The molecular weight excluding hydrogens is 409 g/mol. The maximum Gasteiger partial charge on any atom is 0.453 e. The van der Waals surface area contributed by atoms with Crippen LogP contribution in [0.3, 0.4) is 0 Å². The number of benzene rings is 1. The Labute approximate surface area is 177 Å². The van der Waals surface area contributed by atoms with Gasteiger partial charge in [-0.2, -0.15) is 17.7 Å². The molecule has 1 saturated heterocycles. The Kier molecular flexibility index (Phi) is 5.32. The number of hydrogen-bond acceptors (Lipinski definition) is 5. The van der Waals surface area contributed by atoms with E-state index in [0.29, 0.717) is 31.7 Å². The molecule has 1 fully saturated rings. The Hall–Kier alpha value is -3.17. The van der Waals surface area contributed by atoms with Gasteiger partial charge in [0.05, 0.1) is 0 Å². The Balaban J connectivity index is 1.46. The van der Waals surface area contributed by atoms with Gasteiger partial charge in [0.2, 0.25) is 5.91 Å². The highest BCUT2D eigenvalue weighted by molar-refractivity contribution is 5.95. The van der Waals surface area contributed by atoms with E-state index in [9.17, 15) is 18.0 Å². The molecule has 0 N–H and O–H groups in total. The number of amides is 1. The summed E-state index contributed by atoms with van der Waals surface area (Å²) in [6.45, 7) is 5.05. The molecular formula is C21H23F3N6O. The summed E-state index contributed by atoms with van der Waals surface area (Å²) in [6.07, 6.45) is -3.44. The zero-order valence-electron chi connectivity index (χ0n) is 17.5. The molecule has 1 aromatic carbocycles. The molecule has 1 aliphatic heterocycles. The summed E-state index contributed by atoms with van der Waals surface area (Å²) in [5.74, 6) is -0.838. The smallest absolute Gasteiger partial charge is 0.355 e. The number of halogens is 3. The maximum atomic E-state index is 13.1. The average molecular weight is 432 g/mol. The number of aryl methyl sites for hydroxylation is 2. The highest BCUT2D eigenvalue weighted by Crippen LogP contribution is 2.29. The summed E-state index contributed by atoms with van der Waals surface area (Å²) in [6, 6.07) is 9.08. The van der Waals surface area contributed by atoms with E-state index >= 15 is 0 Å². The van der Waals surface area contributed by atoms with Gasteiger partial charge in [0.15, 0.2) is 5.65 Å². The Morgan fingerprint density at radius 1 is 1.10 bits per heavy atom. The second kappa shape index (κ2) is 7.82. The summed E-state index contributed by atoms with van der Waals surface area (Å²) in [5.41, 5.74) is 3.11. The maximum absolute atomic E-state index is 13.1. The van der Waals surface area contributed by atoms with E-state index < -0.39 is 12.0 Å². The van der Waals surface area contributed by atoms with Crippen LogP contribution in [-0.2, 0) is 11.0 Å². The Morgan fingerprint density at radius 2 is 1.81 bits per heavy atom. The van der Waals surface area contributed by atoms with Crippen molar-refractivity contribution in [3.63, 3.8) is 0 Å². The van der Waals surface area contributed by atoms with Gasteiger partial charge in [-0.25, -0.2) is 0 Å². The van der Waals surface area contributed by atoms with Crippen molar-refractivity contribution in [3.8, 4) is 0 Å². The van der Waals surface area contributed by atoms with Gasteiger partial charge in [-0.1, -0.05) is 17.7 Å². The lowest BCUT2D eigenvalue weighted by Gasteiger charge is -2.34. The van der Waals surface area contributed by atoms with Gasteiger partial charge >= 0.3 is 6.18 Å². The summed E-state index contributed by atoms with van der Waals surface area (Å²) in [7, 11) is 1.78. The predicted molar refractivity (Wildman–Crippen MR) is 110 cm³/mol. The topological polar surface area (TPSA) is 66.6 Å². The van der Waals surface area contributed by atoms with Crippen molar-refractivity contribution in [2.75, 3.05) is 29.9 Å². The molecule has 2 aromatic heterocycles. The van der Waals surface area contributed by atoms with Crippen LogP contribution in [0.15, 0.2) is 30.3 Å². The molecule has 3 aromatic rings. The zero-order valence-corrected chi connectivity index (χ0v) is 17.5. The van der Waals surface area contributed by atoms with Gasteiger partial charge in [-0.15, -0.1) is 15.3 Å². The number of nitrogens with zero attached hydrogens (tertiary/aromatic N) is 6. The highest BCUT2D eigenvalue weighted by atomic mass is 19.4. The number of piperidine rings is 1. The van der Waals surface area contributed by atoms with Crippen molar-refractivity contribution < 1.29 is 18.0 Å². The van der Waals surface area contributed by atoms with Gasteiger partial charge < -0.3 is 9.80 Å². The van der Waals surface area contributed by atoms with Crippen LogP contribution in [0, 0.1) is 19.8 Å². The van der Waals surface area contributed by atoms with Crippen LogP contribution in [0.5, 0.6) is 0 Å². The molecule has 0 saturated carbocycles. The first-order valence-corrected chi connectivity index (χ1v) is 10.0. The minimum atomic E-state index is -4.64. The third-order valence-electron chi connectivity index (χ3n) is 5.71. The van der Waals surface area contributed by atoms with Crippen molar-refractivity contribution in [2.24, 2.45) is 5.92 Å². The van der Waals surface area contributed by atoms with Crippen molar-refractivity contribution in [1.29, 1.82) is 0 Å². The normalized spacial score (nSPS) is 15.5. The SMILES string of the molecule is Cc1ccc(N(C)C(=O)C2CCN(c3ccc4nnc(C(F)(F)F)n4n3)CC2)c(C)c1. The first-order valence-electron chi connectivity index (χ1n) is 10.0. The molecule has 31 heavy (non-hydrogen) atoms. The molecule has 1 aliphatic rings. The second-order valence-electron chi connectivity index (χ2n) is 7.93.